The topological polar surface area (TPSA) is 71.9 Å². The third kappa shape index (κ3) is 6.16. The van der Waals surface area contributed by atoms with E-state index in [0.717, 1.165) is 53.0 Å². The number of halogens is 1. The van der Waals surface area contributed by atoms with Crippen molar-refractivity contribution in [2.75, 3.05) is 13.7 Å². The Bertz CT molecular complexity index is 1290. The highest BCUT2D eigenvalue weighted by Crippen LogP contribution is 2.38. The second-order valence-corrected chi connectivity index (χ2v) is 10.3. The second-order valence-electron chi connectivity index (χ2n) is 10.3. The van der Waals surface area contributed by atoms with Crippen LogP contribution in [-0.2, 0) is 24.2 Å². The number of aromatic nitrogens is 1. The van der Waals surface area contributed by atoms with Crippen molar-refractivity contribution < 1.29 is 23.8 Å². The Kier molecular flexibility index (Phi) is 8.67. The molecule has 0 saturated carbocycles. The van der Waals surface area contributed by atoms with Crippen LogP contribution < -0.4 is 9.47 Å². The van der Waals surface area contributed by atoms with Gasteiger partial charge >= 0.3 is 5.97 Å². The van der Waals surface area contributed by atoms with Gasteiger partial charge in [0.1, 0.15) is 17.7 Å². The molecule has 202 valence electrons. The Balaban J connectivity index is 1.68. The van der Waals surface area contributed by atoms with Crippen molar-refractivity contribution in [1.82, 2.24) is 9.88 Å². The first kappa shape index (κ1) is 27.6. The van der Waals surface area contributed by atoms with Crippen molar-refractivity contribution in [2.45, 2.75) is 65.6 Å². The molecule has 0 saturated heterocycles. The molecule has 0 bridgehead atoms. The minimum atomic E-state index is -0.806. The Morgan fingerprint density at radius 3 is 2.66 bits per heavy atom. The van der Waals surface area contributed by atoms with E-state index in [0.29, 0.717) is 30.5 Å². The quantitative estimate of drug-likeness (QED) is 0.331. The van der Waals surface area contributed by atoms with Gasteiger partial charge in [-0.25, -0.2) is 9.37 Å². The lowest BCUT2D eigenvalue weighted by atomic mass is 9.91. The number of nitrogens with zero attached hydrogens (tertiary/aromatic N) is 2. The SMILES string of the molecule is CCN(Cc1cc([C@@H]2CCc3ccc(CC(C)C(=O)O)cc3O2)ccc1-c1cc(OC)ncc1F)C(C)C. The molecule has 6 nitrogen and oxygen atoms in total. The highest BCUT2D eigenvalue weighted by Gasteiger charge is 2.24. The molecular formula is C31H37FN2O4. The van der Waals surface area contributed by atoms with E-state index in [1.54, 1.807) is 13.0 Å². The number of aliphatic carboxylic acids is 1. The number of hydrogen-bond acceptors (Lipinski definition) is 5. The summed E-state index contributed by atoms with van der Waals surface area (Å²) in [5.41, 5.74) is 5.42. The molecule has 4 rings (SSSR count). The van der Waals surface area contributed by atoms with Gasteiger partial charge in [-0.2, -0.15) is 0 Å². The molecule has 1 aliphatic heterocycles. The minimum absolute atomic E-state index is 0.145. The van der Waals surface area contributed by atoms with Crippen LogP contribution in [-0.4, -0.2) is 40.7 Å². The number of ether oxygens (including phenoxy) is 2. The number of methoxy groups -OCH3 is 1. The van der Waals surface area contributed by atoms with Crippen LogP contribution in [0.5, 0.6) is 11.6 Å². The number of fused-ring (bicyclic) bond motifs is 1. The van der Waals surface area contributed by atoms with Gasteiger partial charge in [-0.1, -0.05) is 44.2 Å². The van der Waals surface area contributed by atoms with E-state index in [4.69, 9.17) is 9.47 Å². The van der Waals surface area contributed by atoms with Crippen LogP contribution in [0.15, 0.2) is 48.7 Å². The van der Waals surface area contributed by atoms with E-state index in [1.165, 1.54) is 13.3 Å². The number of carbonyl (C=O) groups is 1. The molecule has 7 heteroatoms. The highest BCUT2D eigenvalue weighted by molar-refractivity contribution is 5.70. The van der Waals surface area contributed by atoms with Crippen LogP contribution in [0.1, 0.15) is 62.5 Å². The monoisotopic (exact) mass is 520 g/mol. The van der Waals surface area contributed by atoms with Crippen molar-refractivity contribution in [3.63, 3.8) is 0 Å². The van der Waals surface area contributed by atoms with Crippen LogP contribution in [0, 0.1) is 11.7 Å². The Labute approximate surface area is 224 Å². The predicted octanol–water partition coefficient (Wildman–Crippen LogP) is 6.46. The fraction of sp³-hybridized carbons (Fsp3) is 0.419. The molecule has 38 heavy (non-hydrogen) atoms. The fourth-order valence-corrected chi connectivity index (χ4v) is 5.04. The van der Waals surface area contributed by atoms with Gasteiger partial charge in [0.25, 0.3) is 0 Å². The van der Waals surface area contributed by atoms with Gasteiger partial charge in [-0.3, -0.25) is 9.69 Å². The summed E-state index contributed by atoms with van der Waals surface area (Å²) in [5, 5.41) is 9.30. The molecule has 0 fully saturated rings. The maximum absolute atomic E-state index is 15.0. The van der Waals surface area contributed by atoms with Crippen molar-refractivity contribution in [1.29, 1.82) is 0 Å². The second kappa shape index (κ2) is 11.9. The first-order valence-electron chi connectivity index (χ1n) is 13.3. The Hall–Kier alpha value is -3.45. The van der Waals surface area contributed by atoms with Gasteiger partial charge in [0.05, 0.1) is 19.2 Å². The van der Waals surface area contributed by atoms with Crippen molar-refractivity contribution in [3.8, 4) is 22.8 Å². The number of hydrogen-bond donors (Lipinski definition) is 1. The summed E-state index contributed by atoms with van der Waals surface area (Å²) in [6.07, 6.45) is 3.22. The lowest BCUT2D eigenvalue weighted by Crippen LogP contribution is -2.30. The van der Waals surface area contributed by atoms with Crippen LogP contribution in [0.3, 0.4) is 0 Å². The Morgan fingerprint density at radius 2 is 1.97 bits per heavy atom. The van der Waals surface area contributed by atoms with Gasteiger partial charge in [0.15, 0.2) is 0 Å². The first-order chi connectivity index (χ1) is 18.2. The van der Waals surface area contributed by atoms with Gasteiger partial charge in [0.2, 0.25) is 5.88 Å². The van der Waals surface area contributed by atoms with E-state index in [2.05, 4.69) is 36.7 Å². The van der Waals surface area contributed by atoms with Crippen molar-refractivity contribution in [3.05, 3.63) is 76.7 Å². The molecule has 2 aromatic carbocycles. The van der Waals surface area contributed by atoms with Gasteiger partial charge < -0.3 is 14.6 Å². The number of benzene rings is 2. The molecular weight excluding hydrogens is 483 g/mol. The summed E-state index contributed by atoms with van der Waals surface area (Å²) in [4.78, 5) is 17.7. The van der Waals surface area contributed by atoms with Gasteiger partial charge in [-0.05, 0) is 73.5 Å². The standard InChI is InChI=1S/C31H37FN2O4/c1-6-34(19(2)3)18-24-15-23(9-11-25(24)26-16-30(37-5)33-17-27(26)32)28-12-10-22-8-7-21(14-29(22)38-28)13-20(4)31(35)36/h7-9,11,14-17,19-20,28H,6,10,12-13,18H2,1-5H3,(H,35,36)/t20?,28-/m0/s1. The van der Waals surface area contributed by atoms with Crippen LogP contribution in [0.2, 0.25) is 0 Å². The summed E-state index contributed by atoms with van der Waals surface area (Å²) in [5.74, 6) is -0.479. The van der Waals surface area contributed by atoms with Crippen LogP contribution >= 0.6 is 0 Å². The smallest absolute Gasteiger partial charge is 0.306 e. The van der Waals surface area contributed by atoms with Crippen LogP contribution in [0.4, 0.5) is 4.39 Å². The minimum Gasteiger partial charge on any atom is -0.485 e. The Morgan fingerprint density at radius 1 is 1.18 bits per heavy atom. The molecule has 0 radical (unpaired) electrons. The van der Waals surface area contributed by atoms with E-state index in [9.17, 15) is 14.3 Å². The summed E-state index contributed by atoms with van der Waals surface area (Å²) < 4.78 is 26.7. The summed E-state index contributed by atoms with van der Waals surface area (Å²) in [7, 11) is 1.53. The fourth-order valence-electron chi connectivity index (χ4n) is 5.04. The summed E-state index contributed by atoms with van der Waals surface area (Å²) >= 11 is 0. The number of pyridine rings is 1. The highest BCUT2D eigenvalue weighted by atomic mass is 19.1. The van der Waals surface area contributed by atoms with Crippen LogP contribution in [0.25, 0.3) is 11.1 Å². The maximum Gasteiger partial charge on any atom is 0.306 e. The zero-order valence-corrected chi connectivity index (χ0v) is 22.8. The van der Waals surface area contributed by atoms with Crippen molar-refractivity contribution >= 4 is 5.97 Å². The summed E-state index contributed by atoms with van der Waals surface area (Å²) in [6.45, 7) is 9.70. The largest absolute Gasteiger partial charge is 0.485 e. The normalized spacial score (nSPS) is 15.7. The third-order valence-corrected chi connectivity index (χ3v) is 7.38. The molecule has 1 aromatic heterocycles. The van der Waals surface area contributed by atoms with E-state index < -0.39 is 17.7 Å². The lowest BCUT2D eigenvalue weighted by Gasteiger charge is -2.29. The molecule has 2 heterocycles. The number of carboxylic acid groups (broad SMARTS) is 1. The lowest BCUT2D eigenvalue weighted by molar-refractivity contribution is -0.141. The number of carboxylic acids is 1. The van der Waals surface area contributed by atoms with E-state index in [1.807, 2.05) is 30.3 Å². The maximum atomic E-state index is 15.0. The molecule has 3 aromatic rings. The van der Waals surface area contributed by atoms with E-state index >= 15 is 0 Å². The van der Waals surface area contributed by atoms with Gasteiger partial charge in [-0.15, -0.1) is 0 Å². The average molecular weight is 521 g/mol. The molecule has 0 amide bonds. The first-order valence-corrected chi connectivity index (χ1v) is 13.3. The van der Waals surface area contributed by atoms with Gasteiger partial charge in [0, 0.05) is 24.2 Å². The zero-order valence-electron chi connectivity index (χ0n) is 22.8. The predicted molar refractivity (Wildman–Crippen MR) is 146 cm³/mol. The molecule has 0 aliphatic carbocycles. The molecule has 0 spiro atoms. The van der Waals surface area contributed by atoms with Crippen molar-refractivity contribution in [2.24, 2.45) is 5.92 Å². The zero-order chi connectivity index (χ0) is 27.4. The average Bonchev–Trinajstić information content (AvgIpc) is 2.91. The third-order valence-electron chi connectivity index (χ3n) is 7.38. The summed E-state index contributed by atoms with van der Waals surface area (Å²) in [6, 6.07) is 14.1. The molecule has 2 atom stereocenters. The molecule has 1 unspecified atom stereocenters. The number of aryl methyl sites for hydroxylation is 1. The number of rotatable bonds is 10. The molecule has 1 N–H and O–H groups in total. The molecule has 1 aliphatic rings. The van der Waals surface area contributed by atoms with E-state index in [-0.39, 0.29) is 6.10 Å².